The third-order valence-corrected chi connectivity index (χ3v) is 4.82. The molecule has 0 radical (unpaired) electrons. The molecular weight excluding hydrogens is 392 g/mol. The molecule has 0 aromatic heterocycles. The van der Waals surface area contributed by atoms with Crippen molar-refractivity contribution >= 4 is 29.8 Å². The molecule has 4 rings (SSSR count). The van der Waals surface area contributed by atoms with Gasteiger partial charge in [-0.05, 0) is 24.1 Å². The minimum absolute atomic E-state index is 0.00126. The highest BCUT2D eigenvalue weighted by Crippen LogP contribution is 2.26. The molecule has 0 aliphatic carbocycles. The first-order valence-corrected chi connectivity index (χ1v) is 9.19. The molecule has 9 heteroatoms. The number of hydroxylamine groups is 2. The van der Waals surface area contributed by atoms with Crippen LogP contribution in [0.3, 0.4) is 0 Å². The van der Waals surface area contributed by atoms with Crippen LogP contribution in [0.15, 0.2) is 54.6 Å². The fourth-order valence-electron chi connectivity index (χ4n) is 3.33. The second kappa shape index (κ2) is 7.78. The van der Waals surface area contributed by atoms with Crippen LogP contribution in [-0.4, -0.2) is 45.8 Å². The molecule has 0 saturated carbocycles. The van der Waals surface area contributed by atoms with Crippen LogP contribution in [0.2, 0.25) is 0 Å². The lowest BCUT2D eigenvalue weighted by Gasteiger charge is -2.22. The van der Waals surface area contributed by atoms with Crippen LogP contribution in [0.4, 0.5) is 4.79 Å². The normalized spacial score (nSPS) is 17.9. The van der Waals surface area contributed by atoms with Gasteiger partial charge in [-0.3, -0.25) is 14.4 Å². The summed E-state index contributed by atoms with van der Waals surface area (Å²) >= 11 is 0. The predicted molar refractivity (Wildman–Crippen MR) is 99.5 cm³/mol. The Morgan fingerprint density at radius 3 is 2.13 bits per heavy atom. The topological polar surface area (TPSA) is 110 Å². The van der Waals surface area contributed by atoms with Gasteiger partial charge in [-0.15, -0.1) is 0 Å². The van der Waals surface area contributed by atoms with Gasteiger partial charge in [0, 0.05) is 6.42 Å². The maximum absolute atomic E-state index is 12.6. The van der Waals surface area contributed by atoms with Crippen LogP contribution in [0.25, 0.3) is 0 Å². The van der Waals surface area contributed by atoms with Crippen molar-refractivity contribution in [2.75, 3.05) is 0 Å². The molecule has 1 fully saturated rings. The van der Waals surface area contributed by atoms with E-state index in [2.05, 4.69) is 0 Å². The summed E-state index contributed by atoms with van der Waals surface area (Å²) in [5, 5.41) is 0.350. The fraction of sp³-hybridized carbons (Fsp3) is 0.190. The quantitative estimate of drug-likeness (QED) is 0.712. The minimum atomic E-state index is -1.29. The van der Waals surface area contributed by atoms with E-state index in [0.29, 0.717) is 15.5 Å². The van der Waals surface area contributed by atoms with Gasteiger partial charge in [0.25, 0.3) is 11.8 Å². The predicted octanol–water partition coefficient (Wildman–Crippen LogP) is 2.07. The van der Waals surface area contributed by atoms with Crippen molar-refractivity contribution in [1.82, 2.24) is 9.96 Å². The molecule has 2 aromatic carbocycles. The van der Waals surface area contributed by atoms with Crippen LogP contribution >= 0.6 is 0 Å². The Morgan fingerprint density at radius 1 is 0.900 bits per heavy atom. The van der Waals surface area contributed by atoms with Gasteiger partial charge in [0.1, 0.15) is 12.6 Å². The lowest BCUT2D eigenvalue weighted by molar-refractivity contribution is -0.174. The molecule has 0 bridgehead atoms. The summed E-state index contributed by atoms with van der Waals surface area (Å²) in [6.07, 6.45) is -1.06. The fourth-order valence-corrected chi connectivity index (χ4v) is 3.33. The molecular formula is C21H16N2O7. The van der Waals surface area contributed by atoms with Crippen LogP contribution in [0.5, 0.6) is 0 Å². The zero-order valence-electron chi connectivity index (χ0n) is 15.6. The van der Waals surface area contributed by atoms with Gasteiger partial charge in [-0.25, -0.2) is 14.5 Å². The van der Waals surface area contributed by atoms with E-state index in [4.69, 9.17) is 9.57 Å². The van der Waals surface area contributed by atoms with E-state index in [9.17, 15) is 24.0 Å². The number of amides is 4. The van der Waals surface area contributed by atoms with E-state index < -0.39 is 35.8 Å². The molecule has 2 aliphatic heterocycles. The molecule has 1 saturated heterocycles. The van der Waals surface area contributed by atoms with Crippen LogP contribution in [0, 0.1) is 0 Å². The molecule has 4 amide bonds. The summed E-state index contributed by atoms with van der Waals surface area (Å²) in [6.45, 7) is -0.0797. The van der Waals surface area contributed by atoms with Crippen LogP contribution in [-0.2, 0) is 25.8 Å². The van der Waals surface area contributed by atoms with Gasteiger partial charge in [-0.1, -0.05) is 47.5 Å². The smallest absolute Gasteiger partial charge is 0.417 e. The molecule has 2 aliphatic rings. The van der Waals surface area contributed by atoms with E-state index in [1.54, 1.807) is 42.5 Å². The van der Waals surface area contributed by atoms with Gasteiger partial charge in [-0.2, -0.15) is 0 Å². The van der Waals surface area contributed by atoms with Gasteiger partial charge >= 0.3 is 12.1 Å². The number of benzene rings is 2. The lowest BCUT2D eigenvalue weighted by Crippen LogP contribution is -2.46. The molecule has 1 atom stereocenters. The Balaban J connectivity index is 1.44. The number of rotatable bonds is 4. The number of imide groups is 2. The summed E-state index contributed by atoms with van der Waals surface area (Å²) in [4.78, 5) is 67.5. The Labute approximate surface area is 170 Å². The van der Waals surface area contributed by atoms with Crippen LogP contribution < -0.4 is 0 Å². The number of nitrogens with zero attached hydrogens (tertiary/aromatic N) is 2. The summed E-state index contributed by atoms with van der Waals surface area (Å²) in [5.41, 5.74) is 0.927. The van der Waals surface area contributed by atoms with Crippen molar-refractivity contribution < 1.29 is 33.5 Å². The molecule has 1 unspecified atom stereocenters. The Hall–Kier alpha value is -4.01. The second-order valence-corrected chi connectivity index (χ2v) is 6.72. The SMILES string of the molecule is O=C(ON1C(=O)c2ccccc2C1=O)C1CCC(=O)N1C(=O)OCc1ccccc1. The number of hydrogen-bond donors (Lipinski definition) is 0. The highest BCUT2D eigenvalue weighted by atomic mass is 16.7. The molecule has 2 aromatic rings. The molecule has 2 heterocycles. The standard InChI is InChI=1S/C21H16N2O7/c24-17-11-10-16(22(17)21(28)29-12-13-6-2-1-3-7-13)20(27)30-23-18(25)14-8-4-5-9-15(14)19(23)26/h1-9,16H,10-12H2. The average Bonchev–Trinajstić information content (AvgIpc) is 3.26. The summed E-state index contributed by atoms with van der Waals surface area (Å²) in [7, 11) is 0. The maximum atomic E-state index is 12.6. The Kier molecular flexibility index (Phi) is 5.01. The first kappa shape index (κ1) is 19.3. The van der Waals surface area contributed by atoms with E-state index in [1.807, 2.05) is 0 Å². The van der Waals surface area contributed by atoms with Gasteiger partial charge in [0.2, 0.25) is 5.91 Å². The van der Waals surface area contributed by atoms with Crippen LogP contribution in [0.1, 0.15) is 39.1 Å². The number of ether oxygens (including phenoxy) is 1. The summed E-state index contributed by atoms with van der Waals surface area (Å²) < 4.78 is 5.14. The first-order valence-electron chi connectivity index (χ1n) is 9.19. The van der Waals surface area contributed by atoms with Crippen molar-refractivity contribution in [3.63, 3.8) is 0 Å². The number of hydrogen-bond acceptors (Lipinski definition) is 7. The average molecular weight is 408 g/mol. The van der Waals surface area contributed by atoms with E-state index in [-0.39, 0.29) is 30.6 Å². The van der Waals surface area contributed by atoms with Crippen molar-refractivity contribution in [2.45, 2.75) is 25.5 Å². The molecule has 9 nitrogen and oxygen atoms in total. The second-order valence-electron chi connectivity index (χ2n) is 6.72. The Bertz CT molecular complexity index is 1020. The third kappa shape index (κ3) is 3.41. The summed E-state index contributed by atoms with van der Waals surface area (Å²) in [5.74, 6) is -3.23. The first-order chi connectivity index (χ1) is 14.5. The highest BCUT2D eigenvalue weighted by molar-refractivity contribution is 6.21. The molecule has 30 heavy (non-hydrogen) atoms. The maximum Gasteiger partial charge on any atom is 0.417 e. The van der Waals surface area contributed by atoms with Crippen molar-refractivity contribution in [1.29, 1.82) is 0 Å². The van der Waals surface area contributed by atoms with Crippen molar-refractivity contribution in [2.24, 2.45) is 0 Å². The van der Waals surface area contributed by atoms with Crippen molar-refractivity contribution in [3.05, 3.63) is 71.3 Å². The van der Waals surface area contributed by atoms with Crippen molar-refractivity contribution in [3.8, 4) is 0 Å². The Morgan fingerprint density at radius 2 is 1.50 bits per heavy atom. The largest absolute Gasteiger partial charge is 0.444 e. The monoisotopic (exact) mass is 408 g/mol. The van der Waals surface area contributed by atoms with Gasteiger partial charge in [0.05, 0.1) is 11.1 Å². The number of fused-ring (bicyclic) bond motifs is 1. The van der Waals surface area contributed by atoms with E-state index in [0.717, 1.165) is 0 Å². The third-order valence-electron chi connectivity index (χ3n) is 4.82. The lowest BCUT2D eigenvalue weighted by atomic mass is 10.1. The minimum Gasteiger partial charge on any atom is -0.444 e. The highest BCUT2D eigenvalue weighted by Gasteiger charge is 2.46. The molecule has 0 spiro atoms. The van der Waals surface area contributed by atoms with E-state index in [1.165, 1.54) is 12.1 Å². The molecule has 0 N–H and O–H groups in total. The van der Waals surface area contributed by atoms with Gasteiger partial charge < -0.3 is 9.57 Å². The zero-order chi connectivity index (χ0) is 21.3. The van der Waals surface area contributed by atoms with E-state index >= 15 is 0 Å². The zero-order valence-corrected chi connectivity index (χ0v) is 15.6. The number of carbonyl (C=O) groups is 5. The van der Waals surface area contributed by atoms with Gasteiger partial charge in [0.15, 0.2) is 0 Å². The number of likely N-dealkylation sites (tertiary alicyclic amines) is 1. The summed E-state index contributed by atoms with van der Waals surface area (Å²) in [6, 6.07) is 13.6. The molecule has 152 valence electrons. The number of carbonyl (C=O) groups excluding carboxylic acids is 5.